The van der Waals surface area contributed by atoms with Crippen LogP contribution in [0.2, 0.25) is 5.02 Å². The second-order valence-corrected chi connectivity index (χ2v) is 11.4. The van der Waals surface area contributed by atoms with Crippen LogP contribution in [0.1, 0.15) is 40.5 Å². The molecular weight excluding hydrogens is 582 g/mol. The summed E-state index contributed by atoms with van der Waals surface area (Å²) in [4.78, 5) is 26.0. The van der Waals surface area contributed by atoms with Gasteiger partial charge in [-0.2, -0.15) is 13.4 Å². The van der Waals surface area contributed by atoms with Crippen LogP contribution >= 0.6 is 11.6 Å². The zero-order chi connectivity index (χ0) is 30.1. The molecule has 3 heterocycles. The molecule has 5 N–H and O–H groups in total. The number of rotatable bonds is 8. The lowest BCUT2D eigenvalue weighted by Crippen LogP contribution is -2.33. The molecule has 2 aromatic heterocycles. The zero-order valence-corrected chi connectivity index (χ0v) is 24.4. The molecule has 0 saturated carbocycles. The third-order valence-electron chi connectivity index (χ3n) is 6.39. The molecular formula is C28H32ClN7O5S. The van der Waals surface area contributed by atoms with Crippen LogP contribution in [0.25, 0.3) is 5.82 Å². The Balaban J connectivity index is 0.000000343. The summed E-state index contributed by atoms with van der Waals surface area (Å²) in [7, 11) is -4.00. The molecule has 0 bridgehead atoms. The summed E-state index contributed by atoms with van der Waals surface area (Å²) >= 11 is 6.07. The smallest absolute Gasteiger partial charge is 0.294 e. The number of benzene rings is 2. The van der Waals surface area contributed by atoms with Crippen LogP contribution in [0.5, 0.6) is 0 Å². The maximum Gasteiger partial charge on any atom is 0.294 e. The molecule has 42 heavy (non-hydrogen) atoms. The molecule has 1 saturated heterocycles. The van der Waals surface area contributed by atoms with Crippen molar-refractivity contribution >= 4 is 33.6 Å². The molecule has 14 heteroatoms. The Morgan fingerprint density at radius 2 is 1.90 bits per heavy atom. The highest BCUT2D eigenvalue weighted by molar-refractivity contribution is 7.85. The number of amides is 1. The Morgan fingerprint density at radius 3 is 2.55 bits per heavy atom. The average molecular weight is 614 g/mol. The van der Waals surface area contributed by atoms with Gasteiger partial charge in [-0.15, -0.1) is 0 Å². The predicted octanol–water partition coefficient (Wildman–Crippen LogP) is 3.58. The van der Waals surface area contributed by atoms with E-state index in [2.05, 4.69) is 25.6 Å². The minimum absolute atomic E-state index is 0.0741. The van der Waals surface area contributed by atoms with E-state index in [-0.39, 0.29) is 35.1 Å². The van der Waals surface area contributed by atoms with E-state index in [1.807, 2.05) is 19.1 Å². The SMILES string of the molecule is Cc1cnc(NC2CCOCC2)nc1-n1cnc(C(=O)NC(CN)c2cccc(Cl)c2)c1.O=S(=O)(O)c1ccccc1. The van der Waals surface area contributed by atoms with Crippen LogP contribution in [0.4, 0.5) is 5.95 Å². The van der Waals surface area contributed by atoms with Crippen LogP contribution < -0.4 is 16.4 Å². The fourth-order valence-corrected chi connectivity index (χ4v) is 4.87. The number of halogens is 1. The van der Waals surface area contributed by atoms with E-state index in [9.17, 15) is 13.2 Å². The van der Waals surface area contributed by atoms with E-state index in [4.69, 9.17) is 26.6 Å². The number of aromatic nitrogens is 4. The van der Waals surface area contributed by atoms with Crippen LogP contribution in [0.3, 0.4) is 0 Å². The summed E-state index contributed by atoms with van der Waals surface area (Å²) in [5.74, 6) is 0.874. The molecule has 1 fully saturated rings. The van der Waals surface area contributed by atoms with Crippen molar-refractivity contribution < 1.29 is 22.5 Å². The molecule has 0 radical (unpaired) electrons. The molecule has 2 aromatic carbocycles. The summed E-state index contributed by atoms with van der Waals surface area (Å²) in [6, 6.07) is 14.6. The fourth-order valence-electron chi connectivity index (χ4n) is 4.17. The van der Waals surface area contributed by atoms with Crippen LogP contribution in [0.15, 0.2) is 78.2 Å². The Kier molecular flexibility index (Phi) is 10.6. The molecule has 1 aliphatic heterocycles. The van der Waals surface area contributed by atoms with Crippen molar-refractivity contribution in [3.05, 3.63) is 95.2 Å². The van der Waals surface area contributed by atoms with Crippen LogP contribution in [0, 0.1) is 6.92 Å². The highest BCUT2D eigenvalue weighted by atomic mass is 35.5. The van der Waals surface area contributed by atoms with Gasteiger partial charge in [0.25, 0.3) is 16.0 Å². The van der Waals surface area contributed by atoms with E-state index in [0.29, 0.717) is 16.8 Å². The number of aryl methyl sites for hydroxylation is 1. The lowest BCUT2D eigenvalue weighted by molar-refractivity contribution is 0.0903. The monoisotopic (exact) mass is 613 g/mol. The quantitative estimate of drug-likeness (QED) is 0.215. The maximum absolute atomic E-state index is 12.8. The molecule has 1 atom stereocenters. The maximum atomic E-state index is 12.8. The van der Waals surface area contributed by atoms with E-state index >= 15 is 0 Å². The number of hydrogen-bond donors (Lipinski definition) is 4. The normalized spacial score (nSPS) is 14.4. The first-order valence-electron chi connectivity index (χ1n) is 13.1. The minimum atomic E-state index is -4.00. The number of anilines is 1. The van der Waals surface area contributed by atoms with Gasteiger partial charge in [-0.3, -0.25) is 13.9 Å². The highest BCUT2D eigenvalue weighted by Crippen LogP contribution is 2.19. The number of ether oxygens (including phenoxy) is 1. The van der Waals surface area contributed by atoms with Crippen molar-refractivity contribution in [3.63, 3.8) is 0 Å². The summed E-state index contributed by atoms with van der Waals surface area (Å²) in [5, 5.41) is 6.87. The zero-order valence-electron chi connectivity index (χ0n) is 22.9. The van der Waals surface area contributed by atoms with Gasteiger partial charge in [0.1, 0.15) is 17.8 Å². The number of carbonyl (C=O) groups is 1. The summed E-state index contributed by atoms with van der Waals surface area (Å²) in [5.41, 5.74) is 7.84. The molecule has 1 aliphatic rings. The number of imidazole rings is 1. The summed E-state index contributed by atoms with van der Waals surface area (Å²) in [6.07, 6.45) is 6.80. The van der Waals surface area contributed by atoms with Gasteiger partial charge in [0.2, 0.25) is 5.95 Å². The van der Waals surface area contributed by atoms with Crippen molar-refractivity contribution in [1.82, 2.24) is 24.8 Å². The number of nitrogens with one attached hydrogen (secondary N) is 2. The third-order valence-corrected chi connectivity index (χ3v) is 7.50. The number of nitrogens with two attached hydrogens (primary N) is 1. The van der Waals surface area contributed by atoms with Gasteiger partial charge in [-0.1, -0.05) is 41.9 Å². The van der Waals surface area contributed by atoms with Gasteiger partial charge in [-0.05, 0) is 49.6 Å². The van der Waals surface area contributed by atoms with E-state index in [1.165, 1.54) is 12.1 Å². The van der Waals surface area contributed by atoms with Crippen molar-refractivity contribution in [3.8, 4) is 5.82 Å². The molecule has 222 valence electrons. The van der Waals surface area contributed by atoms with Crippen molar-refractivity contribution in [2.75, 3.05) is 25.1 Å². The molecule has 1 unspecified atom stereocenters. The average Bonchev–Trinajstić information content (AvgIpc) is 3.48. The Morgan fingerprint density at radius 1 is 1.17 bits per heavy atom. The predicted molar refractivity (Wildman–Crippen MR) is 158 cm³/mol. The number of carbonyl (C=O) groups excluding carboxylic acids is 1. The Bertz CT molecular complexity index is 1600. The Hall–Kier alpha value is -3.88. The van der Waals surface area contributed by atoms with E-state index in [1.54, 1.807) is 53.6 Å². The van der Waals surface area contributed by atoms with Gasteiger partial charge >= 0.3 is 0 Å². The van der Waals surface area contributed by atoms with Gasteiger partial charge in [0.15, 0.2) is 0 Å². The second kappa shape index (κ2) is 14.3. The first-order chi connectivity index (χ1) is 20.1. The number of nitrogens with zero attached hydrogens (tertiary/aromatic N) is 4. The minimum Gasteiger partial charge on any atom is -0.381 e. The van der Waals surface area contributed by atoms with E-state index in [0.717, 1.165) is 37.2 Å². The molecule has 1 amide bonds. The Labute approximate surface area is 249 Å². The fraction of sp³-hybridized carbons (Fsp3) is 0.286. The van der Waals surface area contributed by atoms with Crippen LogP contribution in [-0.2, 0) is 14.9 Å². The van der Waals surface area contributed by atoms with Gasteiger partial charge in [0.05, 0.1) is 10.9 Å². The first-order valence-corrected chi connectivity index (χ1v) is 15.0. The van der Waals surface area contributed by atoms with Crippen LogP contribution in [-0.4, -0.2) is 64.2 Å². The topological polar surface area (TPSA) is 174 Å². The second-order valence-electron chi connectivity index (χ2n) is 9.50. The van der Waals surface area contributed by atoms with Crippen molar-refractivity contribution in [2.45, 2.75) is 36.7 Å². The molecule has 0 spiro atoms. The standard InChI is InChI=1S/C22H26ClN7O2.C6H6O3S/c1-14-11-25-22(27-17-5-7-32-8-6-17)29-20(14)30-12-19(26-13-30)21(31)28-18(10-24)15-3-2-4-16(23)9-15;7-10(8,9)6-4-2-1-3-5-6/h2-4,9,11-13,17-18H,5-8,10,24H2,1H3,(H,28,31)(H,25,27,29);1-5H,(H,7,8,9). The summed E-state index contributed by atoms with van der Waals surface area (Å²) in [6.45, 7) is 3.61. The summed E-state index contributed by atoms with van der Waals surface area (Å²) < 4.78 is 36.4. The van der Waals surface area contributed by atoms with Crippen molar-refractivity contribution in [2.24, 2.45) is 5.73 Å². The highest BCUT2D eigenvalue weighted by Gasteiger charge is 2.19. The third kappa shape index (κ3) is 8.57. The van der Waals surface area contributed by atoms with Crippen molar-refractivity contribution in [1.29, 1.82) is 0 Å². The van der Waals surface area contributed by atoms with Gasteiger partial charge in [0, 0.05) is 48.8 Å². The molecule has 4 aromatic rings. The van der Waals surface area contributed by atoms with E-state index < -0.39 is 10.1 Å². The number of hydrogen-bond acceptors (Lipinski definition) is 9. The lowest BCUT2D eigenvalue weighted by Gasteiger charge is -2.23. The largest absolute Gasteiger partial charge is 0.381 e. The van der Waals surface area contributed by atoms with Gasteiger partial charge < -0.3 is 21.1 Å². The molecule has 0 aliphatic carbocycles. The lowest BCUT2D eigenvalue weighted by atomic mass is 10.1. The molecule has 12 nitrogen and oxygen atoms in total. The molecule has 5 rings (SSSR count). The first kappa shape index (κ1) is 31.1. The van der Waals surface area contributed by atoms with Gasteiger partial charge in [-0.25, -0.2) is 9.97 Å².